The van der Waals surface area contributed by atoms with Crippen LogP contribution in [0.4, 0.5) is 0 Å². The van der Waals surface area contributed by atoms with Crippen molar-refractivity contribution in [3.8, 4) is 0 Å². The van der Waals surface area contributed by atoms with Gasteiger partial charge in [0.2, 0.25) is 0 Å². The normalized spacial score (nSPS) is 23.6. The van der Waals surface area contributed by atoms with E-state index in [9.17, 15) is 0 Å². The second-order valence-corrected chi connectivity index (χ2v) is 4.16. The van der Waals surface area contributed by atoms with E-state index in [0.29, 0.717) is 5.92 Å². The van der Waals surface area contributed by atoms with Gasteiger partial charge in [-0.15, -0.1) is 0 Å². The molecule has 0 aliphatic heterocycles. The Labute approximate surface area is 85.0 Å². The molecule has 2 aliphatic rings. The standard InChI is InChI=1S/C14H14/c1-10-11-6-2-4-8-13(11)14-9-5-3-7-12(10)14/h2,4,6-10H,3,5H2,1H3. The predicted octanol–water partition coefficient (Wildman–Crippen LogP) is 3.91. The van der Waals surface area contributed by atoms with Crippen molar-refractivity contribution in [1.82, 2.24) is 0 Å². The number of allylic oxidation sites excluding steroid dienone is 4. The number of fused-ring (bicyclic) bond motifs is 3. The van der Waals surface area contributed by atoms with E-state index < -0.39 is 0 Å². The van der Waals surface area contributed by atoms with Crippen LogP contribution < -0.4 is 0 Å². The zero-order chi connectivity index (χ0) is 9.54. The summed E-state index contributed by atoms with van der Waals surface area (Å²) in [5, 5.41) is 0. The summed E-state index contributed by atoms with van der Waals surface area (Å²) in [5.74, 6) is 0.609. The van der Waals surface area contributed by atoms with Crippen molar-refractivity contribution >= 4 is 5.57 Å². The topological polar surface area (TPSA) is 0 Å². The van der Waals surface area contributed by atoms with Crippen molar-refractivity contribution < 1.29 is 0 Å². The predicted molar refractivity (Wildman–Crippen MR) is 60.2 cm³/mol. The van der Waals surface area contributed by atoms with Crippen molar-refractivity contribution in [1.29, 1.82) is 0 Å². The van der Waals surface area contributed by atoms with Crippen LogP contribution in [0.5, 0.6) is 0 Å². The lowest BCUT2D eigenvalue weighted by molar-refractivity contribution is 0.922. The molecule has 70 valence electrons. The van der Waals surface area contributed by atoms with Gasteiger partial charge in [0, 0.05) is 5.92 Å². The smallest absolute Gasteiger partial charge is 0.00700 e. The third-order valence-corrected chi connectivity index (χ3v) is 3.37. The second kappa shape index (κ2) is 2.84. The lowest BCUT2D eigenvalue weighted by atomic mass is 9.94. The molecule has 1 atom stereocenters. The number of hydrogen-bond acceptors (Lipinski definition) is 0. The summed E-state index contributed by atoms with van der Waals surface area (Å²) >= 11 is 0. The summed E-state index contributed by atoms with van der Waals surface area (Å²) in [4.78, 5) is 0. The summed E-state index contributed by atoms with van der Waals surface area (Å²) in [6.07, 6.45) is 7.24. The van der Waals surface area contributed by atoms with Gasteiger partial charge in [-0.2, -0.15) is 0 Å². The maximum Gasteiger partial charge on any atom is 0.00700 e. The van der Waals surface area contributed by atoms with E-state index in [0.717, 1.165) is 0 Å². The summed E-state index contributed by atoms with van der Waals surface area (Å²) in [7, 11) is 0. The zero-order valence-corrected chi connectivity index (χ0v) is 8.46. The quantitative estimate of drug-likeness (QED) is 0.570. The molecule has 1 unspecified atom stereocenters. The number of hydrogen-bond donors (Lipinski definition) is 0. The van der Waals surface area contributed by atoms with E-state index in [1.165, 1.54) is 29.5 Å². The molecule has 3 rings (SSSR count). The van der Waals surface area contributed by atoms with Crippen LogP contribution in [0.1, 0.15) is 36.8 Å². The van der Waals surface area contributed by atoms with E-state index in [1.54, 1.807) is 5.57 Å². The van der Waals surface area contributed by atoms with Gasteiger partial charge in [0.1, 0.15) is 0 Å². The minimum atomic E-state index is 0.609. The Morgan fingerprint density at radius 2 is 1.86 bits per heavy atom. The number of rotatable bonds is 0. The molecule has 2 aliphatic carbocycles. The molecule has 0 bridgehead atoms. The van der Waals surface area contributed by atoms with Crippen LogP contribution in [0.25, 0.3) is 5.57 Å². The van der Waals surface area contributed by atoms with Crippen LogP contribution in [0.3, 0.4) is 0 Å². The summed E-state index contributed by atoms with van der Waals surface area (Å²) < 4.78 is 0. The Morgan fingerprint density at radius 3 is 2.79 bits per heavy atom. The largest absolute Gasteiger partial charge is 0.0798 e. The van der Waals surface area contributed by atoms with Crippen molar-refractivity contribution in [2.75, 3.05) is 0 Å². The van der Waals surface area contributed by atoms with E-state index in [4.69, 9.17) is 0 Å². The molecule has 0 saturated heterocycles. The fraction of sp³-hybridized carbons (Fsp3) is 0.286. The minimum absolute atomic E-state index is 0.609. The zero-order valence-electron chi connectivity index (χ0n) is 8.46. The van der Waals surface area contributed by atoms with Gasteiger partial charge in [0.05, 0.1) is 0 Å². The van der Waals surface area contributed by atoms with Gasteiger partial charge in [-0.25, -0.2) is 0 Å². The molecule has 0 nitrogen and oxygen atoms in total. The molecule has 0 heterocycles. The Balaban J connectivity index is 2.26. The average molecular weight is 182 g/mol. The summed E-state index contributed by atoms with van der Waals surface area (Å²) in [6.45, 7) is 2.32. The van der Waals surface area contributed by atoms with Crippen LogP contribution >= 0.6 is 0 Å². The lowest BCUT2D eigenvalue weighted by Crippen LogP contribution is -1.91. The van der Waals surface area contributed by atoms with Crippen LogP contribution in [-0.4, -0.2) is 0 Å². The molecule has 0 fully saturated rings. The van der Waals surface area contributed by atoms with Crippen LogP contribution in [-0.2, 0) is 0 Å². The Morgan fingerprint density at radius 1 is 1.07 bits per heavy atom. The third kappa shape index (κ3) is 0.942. The molecule has 0 aromatic heterocycles. The SMILES string of the molecule is CC1C2=CCCC=C2c2ccccc21. The Kier molecular flexibility index (Phi) is 1.63. The minimum Gasteiger partial charge on any atom is -0.0798 e. The van der Waals surface area contributed by atoms with Gasteiger partial charge in [0.15, 0.2) is 0 Å². The maximum absolute atomic E-state index is 2.42. The monoisotopic (exact) mass is 182 g/mol. The van der Waals surface area contributed by atoms with E-state index in [1.807, 2.05) is 0 Å². The first-order valence-corrected chi connectivity index (χ1v) is 5.38. The molecular weight excluding hydrogens is 168 g/mol. The molecule has 1 aromatic rings. The Bertz CT molecular complexity index is 435. The van der Waals surface area contributed by atoms with Crippen LogP contribution in [0, 0.1) is 0 Å². The van der Waals surface area contributed by atoms with Crippen LogP contribution in [0.2, 0.25) is 0 Å². The highest BCUT2D eigenvalue weighted by molar-refractivity contribution is 5.88. The first-order valence-electron chi connectivity index (χ1n) is 5.38. The molecule has 0 saturated carbocycles. The maximum atomic E-state index is 2.42. The highest BCUT2D eigenvalue weighted by Crippen LogP contribution is 2.46. The fourth-order valence-electron chi connectivity index (χ4n) is 2.66. The summed E-state index contributed by atoms with van der Waals surface area (Å²) in [5.41, 5.74) is 6.02. The van der Waals surface area contributed by atoms with Gasteiger partial charge >= 0.3 is 0 Å². The summed E-state index contributed by atoms with van der Waals surface area (Å²) in [6, 6.07) is 8.81. The third-order valence-electron chi connectivity index (χ3n) is 3.37. The fourth-order valence-corrected chi connectivity index (χ4v) is 2.66. The Hall–Kier alpha value is -1.30. The number of benzene rings is 1. The molecule has 0 N–H and O–H groups in total. The molecule has 0 amide bonds. The van der Waals surface area contributed by atoms with E-state index in [-0.39, 0.29) is 0 Å². The first kappa shape index (κ1) is 8.05. The van der Waals surface area contributed by atoms with Crippen LogP contribution in [0.15, 0.2) is 42.0 Å². The van der Waals surface area contributed by atoms with Gasteiger partial charge in [0.25, 0.3) is 0 Å². The highest BCUT2D eigenvalue weighted by Gasteiger charge is 2.28. The molecule has 1 aromatic carbocycles. The van der Waals surface area contributed by atoms with Gasteiger partial charge in [-0.1, -0.05) is 43.3 Å². The van der Waals surface area contributed by atoms with Gasteiger partial charge < -0.3 is 0 Å². The average Bonchev–Trinajstić information content (AvgIpc) is 2.55. The molecule has 0 spiro atoms. The highest BCUT2D eigenvalue weighted by atomic mass is 14.3. The van der Waals surface area contributed by atoms with E-state index >= 15 is 0 Å². The molecule has 0 radical (unpaired) electrons. The molecule has 14 heavy (non-hydrogen) atoms. The van der Waals surface area contributed by atoms with Gasteiger partial charge in [-0.3, -0.25) is 0 Å². The van der Waals surface area contributed by atoms with Crippen molar-refractivity contribution in [3.63, 3.8) is 0 Å². The second-order valence-electron chi connectivity index (χ2n) is 4.16. The molecule has 0 heteroatoms. The molecular formula is C14H14. The van der Waals surface area contributed by atoms with Gasteiger partial charge in [-0.05, 0) is 35.1 Å². The lowest BCUT2D eigenvalue weighted by Gasteiger charge is -2.11. The van der Waals surface area contributed by atoms with Crippen molar-refractivity contribution in [2.45, 2.75) is 25.7 Å². The van der Waals surface area contributed by atoms with E-state index in [2.05, 4.69) is 43.3 Å². The van der Waals surface area contributed by atoms with Crippen molar-refractivity contribution in [2.24, 2.45) is 0 Å². The van der Waals surface area contributed by atoms with Crippen molar-refractivity contribution in [3.05, 3.63) is 53.1 Å². The first-order chi connectivity index (χ1) is 6.88.